The van der Waals surface area contributed by atoms with Gasteiger partial charge in [-0.2, -0.15) is 0 Å². The topological polar surface area (TPSA) is 67.2 Å². The molecule has 2 aliphatic rings. The molecule has 1 amide bonds. The fourth-order valence-electron chi connectivity index (χ4n) is 3.40. The lowest BCUT2D eigenvalue weighted by atomic mass is 9.95. The van der Waals surface area contributed by atoms with Crippen molar-refractivity contribution in [3.05, 3.63) is 42.2 Å². The van der Waals surface area contributed by atoms with Gasteiger partial charge in [0.2, 0.25) is 0 Å². The quantitative estimate of drug-likeness (QED) is 0.911. The van der Waals surface area contributed by atoms with Crippen molar-refractivity contribution in [1.82, 2.24) is 15.6 Å². The number of furan rings is 1. The Morgan fingerprint density at radius 3 is 3.00 bits per heavy atom. The van der Waals surface area contributed by atoms with E-state index < -0.39 is 5.82 Å². The lowest BCUT2D eigenvalue weighted by Gasteiger charge is -2.20. The van der Waals surface area contributed by atoms with E-state index in [2.05, 4.69) is 15.6 Å². The smallest absolute Gasteiger partial charge is 0.287 e. The SMILES string of the molecule is O=C(N[C@@H]1C[C@H]2CC[C@@H]1N2)c1ccc(-c2ccncc2F)o1. The third-order valence-electron chi connectivity index (χ3n) is 4.48. The van der Waals surface area contributed by atoms with E-state index in [0.29, 0.717) is 23.4 Å². The van der Waals surface area contributed by atoms with Gasteiger partial charge in [0.05, 0.1) is 11.8 Å². The fraction of sp³-hybridized carbons (Fsp3) is 0.375. The summed E-state index contributed by atoms with van der Waals surface area (Å²) in [5.41, 5.74) is 0.302. The highest BCUT2D eigenvalue weighted by Gasteiger charge is 2.39. The van der Waals surface area contributed by atoms with E-state index in [0.717, 1.165) is 19.0 Å². The molecule has 0 radical (unpaired) electrons. The number of hydrogen-bond acceptors (Lipinski definition) is 4. The maximum Gasteiger partial charge on any atom is 0.287 e. The van der Waals surface area contributed by atoms with Crippen LogP contribution in [0.5, 0.6) is 0 Å². The molecule has 22 heavy (non-hydrogen) atoms. The number of rotatable bonds is 3. The number of fused-ring (bicyclic) bond motifs is 2. The standard InChI is InChI=1S/C16H16FN3O2/c17-11-8-18-6-5-10(11)14-3-4-15(22-14)16(21)20-13-7-9-1-2-12(13)19-9/h3-6,8-9,12-13,19H,1-2,7H2,(H,20,21)/t9-,12+,13-/m1/s1. The molecule has 2 saturated heterocycles. The van der Waals surface area contributed by atoms with E-state index in [4.69, 9.17) is 4.42 Å². The number of nitrogens with one attached hydrogen (secondary N) is 2. The van der Waals surface area contributed by atoms with Crippen LogP contribution in [0.1, 0.15) is 29.8 Å². The molecule has 4 heterocycles. The van der Waals surface area contributed by atoms with Gasteiger partial charge in [-0.05, 0) is 37.5 Å². The van der Waals surface area contributed by atoms with Gasteiger partial charge in [-0.1, -0.05) is 0 Å². The Morgan fingerprint density at radius 1 is 1.36 bits per heavy atom. The molecule has 2 aromatic heterocycles. The molecule has 0 aromatic carbocycles. The largest absolute Gasteiger partial charge is 0.451 e. The van der Waals surface area contributed by atoms with Gasteiger partial charge >= 0.3 is 0 Å². The Labute approximate surface area is 126 Å². The summed E-state index contributed by atoms with van der Waals surface area (Å²) in [5.74, 6) is -0.189. The van der Waals surface area contributed by atoms with Gasteiger partial charge in [-0.3, -0.25) is 9.78 Å². The van der Waals surface area contributed by atoms with E-state index in [-0.39, 0.29) is 17.7 Å². The molecule has 2 fully saturated rings. The fourth-order valence-corrected chi connectivity index (χ4v) is 3.40. The van der Waals surface area contributed by atoms with Gasteiger partial charge in [0.25, 0.3) is 5.91 Å². The molecule has 2 bridgehead atoms. The third kappa shape index (κ3) is 2.29. The second-order valence-corrected chi connectivity index (χ2v) is 5.88. The van der Waals surface area contributed by atoms with Gasteiger partial charge in [0, 0.05) is 24.3 Å². The molecule has 5 nitrogen and oxygen atoms in total. The van der Waals surface area contributed by atoms with Crippen molar-refractivity contribution < 1.29 is 13.6 Å². The Kier molecular flexibility index (Phi) is 3.18. The number of hydrogen-bond donors (Lipinski definition) is 2. The summed E-state index contributed by atoms with van der Waals surface area (Å²) in [7, 11) is 0. The Balaban J connectivity index is 1.49. The minimum atomic E-state index is -0.471. The first-order valence-corrected chi connectivity index (χ1v) is 7.47. The Bertz CT molecular complexity index is 715. The van der Waals surface area contributed by atoms with Crippen molar-refractivity contribution in [2.75, 3.05) is 0 Å². The molecular weight excluding hydrogens is 285 g/mol. The number of aromatic nitrogens is 1. The minimum absolute atomic E-state index is 0.150. The van der Waals surface area contributed by atoms with Crippen LogP contribution in [0.3, 0.4) is 0 Å². The minimum Gasteiger partial charge on any atom is -0.451 e. The number of halogens is 1. The van der Waals surface area contributed by atoms with Crippen molar-refractivity contribution in [2.45, 2.75) is 37.4 Å². The molecule has 3 atom stereocenters. The molecule has 2 aromatic rings. The van der Waals surface area contributed by atoms with Crippen molar-refractivity contribution in [3.63, 3.8) is 0 Å². The van der Waals surface area contributed by atoms with Gasteiger partial charge in [-0.25, -0.2) is 4.39 Å². The predicted molar refractivity (Wildman–Crippen MR) is 77.7 cm³/mol. The number of nitrogens with zero attached hydrogens (tertiary/aromatic N) is 1. The third-order valence-corrected chi connectivity index (χ3v) is 4.48. The molecule has 0 aliphatic carbocycles. The molecule has 0 saturated carbocycles. The molecule has 0 unspecified atom stereocenters. The first-order valence-electron chi connectivity index (χ1n) is 7.47. The second-order valence-electron chi connectivity index (χ2n) is 5.88. The van der Waals surface area contributed by atoms with Crippen LogP contribution >= 0.6 is 0 Å². The first-order chi connectivity index (χ1) is 10.7. The summed E-state index contributed by atoms with van der Waals surface area (Å²) >= 11 is 0. The van der Waals surface area contributed by atoms with Gasteiger partial charge < -0.3 is 15.1 Å². The highest BCUT2D eigenvalue weighted by molar-refractivity contribution is 5.92. The lowest BCUT2D eigenvalue weighted by Crippen LogP contribution is -2.42. The maximum atomic E-state index is 13.7. The summed E-state index contributed by atoms with van der Waals surface area (Å²) in [4.78, 5) is 16.0. The predicted octanol–water partition coefficient (Wildman–Crippen LogP) is 2.10. The van der Waals surface area contributed by atoms with Crippen molar-refractivity contribution in [2.24, 2.45) is 0 Å². The van der Waals surface area contributed by atoms with E-state index in [1.54, 1.807) is 12.1 Å². The van der Waals surface area contributed by atoms with Crippen molar-refractivity contribution >= 4 is 5.91 Å². The Morgan fingerprint density at radius 2 is 2.27 bits per heavy atom. The van der Waals surface area contributed by atoms with Crippen LogP contribution in [-0.2, 0) is 0 Å². The molecule has 114 valence electrons. The van der Waals surface area contributed by atoms with Crippen LogP contribution in [0.15, 0.2) is 35.0 Å². The van der Waals surface area contributed by atoms with E-state index in [9.17, 15) is 9.18 Å². The van der Waals surface area contributed by atoms with Crippen LogP contribution in [0.4, 0.5) is 4.39 Å². The molecular formula is C16H16FN3O2. The molecule has 2 N–H and O–H groups in total. The molecule has 0 spiro atoms. The van der Waals surface area contributed by atoms with Crippen LogP contribution in [-0.4, -0.2) is 29.0 Å². The highest BCUT2D eigenvalue weighted by Crippen LogP contribution is 2.29. The van der Waals surface area contributed by atoms with Gasteiger partial charge in [0.1, 0.15) is 5.76 Å². The number of amides is 1. The van der Waals surface area contributed by atoms with Crippen molar-refractivity contribution in [1.29, 1.82) is 0 Å². The molecule has 2 aliphatic heterocycles. The summed E-state index contributed by atoms with van der Waals surface area (Å²) in [5, 5.41) is 6.48. The average Bonchev–Trinajstić information content (AvgIpc) is 3.24. The van der Waals surface area contributed by atoms with E-state index in [1.165, 1.54) is 18.7 Å². The van der Waals surface area contributed by atoms with E-state index in [1.807, 2.05) is 0 Å². The summed E-state index contributed by atoms with van der Waals surface area (Å²) in [6.07, 6.45) is 5.85. The lowest BCUT2D eigenvalue weighted by molar-refractivity contribution is 0.0903. The summed E-state index contributed by atoms with van der Waals surface area (Å²) in [6, 6.07) is 5.74. The number of pyridine rings is 1. The zero-order valence-electron chi connectivity index (χ0n) is 11.9. The monoisotopic (exact) mass is 301 g/mol. The normalized spacial score (nSPS) is 26.3. The second kappa shape index (κ2) is 5.21. The Hall–Kier alpha value is -2.21. The van der Waals surface area contributed by atoms with Crippen molar-refractivity contribution in [3.8, 4) is 11.3 Å². The highest BCUT2D eigenvalue weighted by atomic mass is 19.1. The summed E-state index contributed by atoms with van der Waals surface area (Å²) < 4.78 is 19.2. The van der Waals surface area contributed by atoms with Gasteiger partial charge in [-0.15, -0.1) is 0 Å². The molecule has 4 rings (SSSR count). The summed E-state index contributed by atoms with van der Waals surface area (Å²) in [6.45, 7) is 0. The molecule has 6 heteroatoms. The zero-order valence-corrected chi connectivity index (χ0v) is 11.9. The first kappa shape index (κ1) is 13.5. The van der Waals surface area contributed by atoms with Crippen LogP contribution in [0.25, 0.3) is 11.3 Å². The van der Waals surface area contributed by atoms with Crippen LogP contribution in [0.2, 0.25) is 0 Å². The number of carbonyl (C=O) groups is 1. The zero-order chi connectivity index (χ0) is 15.1. The van der Waals surface area contributed by atoms with Crippen LogP contribution < -0.4 is 10.6 Å². The maximum absolute atomic E-state index is 13.7. The van der Waals surface area contributed by atoms with E-state index >= 15 is 0 Å². The number of carbonyl (C=O) groups excluding carboxylic acids is 1. The van der Waals surface area contributed by atoms with Crippen LogP contribution in [0, 0.1) is 5.82 Å². The van der Waals surface area contributed by atoms with Gasteiger partial charge in [0.15, 0.2) is 11.6 Å². The average molecular weight is 301 g/mol.